The van der Waals surface area contributed by atoms with Gasteiger partial charge >= 0.3 is 0 Å². The first-order valence-corrected chi connectivity index (χ1v) is 6.34. The Morgan fingerprint density at radius 2 is 2.33 bits per heavy atom. The van der Waals surface area contributed by atoms with Gasteiger partial charge in [-0.05, 0) is 24.8 Å². The molecule has 1 atom stereocenters. The number of nitrogens with one attached hydrogen (secondary N) is 1. The number of carbonyl (C=O) groups excluding carboxylic acids is 1. The number of hydrogen-bond donors (Lipinski definition) is 2. The molecule has 0 aliphatic rings. The van der Waals surface area contributed by atoms with Crippen LogP contribution < -0.4 is 11.1 Å². The highest BCUT2D eigenvalue weighted by atomic mass is 16.5. The lowest BCUT2D eigenvalue weighted by Crippen LogP contribution is -2.30. The van der Waals surface area contributed by atoms with E-state index in [0.717, 1.165) is 6.42 Å². The molecule has 18 heavy (non-hydrogen) atoms. The molecule has 1 unspecified atom stereocenters. The standard InChI is InChI=1S/C12H22N4O2/c1-9(2)5-10(7-13)6-11(17)14-4-3-12-15-8-16-18-12/h8-10H,3-7,13H2,1-2H3,(H,14,17). The van der Waals surface area contributed by atoms with Crippen LogP contribution in [0.4, 0.5) is 0 Å². The van der Waals surface area contributed by atoms with E-state index in [-0.39, 0.29) is 11.8 Å². The smallest absolute Gasteiger partial charge is 0.228 e. The predicted octanol–water partition coefficient (Wildman–Crippen LogP) is 0.739. The summed E-state index contributed by atoms with van der Waals surface area (Å²) in [6.07, 6.45) is 3.37. The van der Waals surface area contributed by atoms with Crippen molar-refractivity contribution >= 4 is 5.91 Å². The Hall–Kier alpha value is -1.43. The number of carbonyl (C=O) groups is 1. The summed E-state index contributed by atoms with van der Waals surface area (Å²) in [7, 11) is 0. The number of amides is 1. The Balaban J connectivity index is 2.19. The molecular weight excluding hydrogens is 232 g/mol. The fourth-order valence-corrected chi connectivity index (χ4v) is 1.88. The van der Waals surface area contributed by atoms with E-state index >= 15 is 0 Å². The van der Waals surface area contributed by atoms with Crippen molar-refractivity contribution in [3.05, 3.63) is 12.2 Å². The van der Waals surface area contributed by atoms with E-state index in [4.69, 9.17) is 10.3 Å². The third-order valence-corrected chi connectivity index (χ3v) is 2.68. The highest BCUT2D eigenvalue weighted by molar-refractivity contribution is 5.76. The van der Waals surface area contributed by atoms with Crippen molar-refractivity contribution in [1.29, 1.82) is 0 Å². The molecule has 1 rings (SSSR count). The SMILES string of the molecule is CC(C)CC(CN)CC(=O)NCCc1ncno1. The Morgan fingerprint density at radius 1 is 1.56 bits per heavy atom. The van der Waals surface area contributed by atoms with Gasteiger partial charge in [0.15, 0.2) is 6.33 Å². The molecule has 0 aliphatic carbocycles. The molecule has 3 N–H and O–H groups in total. The number of nitrogens with two attached hydrogens (primary N) is 1. The zero-order chi connectivity index (χ0) is 13.4. The van der Waals surface area contributed by atoms with Crippen molar-refractivity contribution in [2.75, 3.05) is 13.1 Å². The Morgan fingerprint density at radius 3 is 2.89 bits per heavy atom. The Labute approximate surface area is 107 Å². The summed E-state index contributed by atoms with van der Waals surface area (Å²) >= 11 is 0. The van der Waals surface area contributed by atoms with Crippen LogP contribution in [0.25, 0.3) is 0 Å². The van der Waals surface area contributed by atoms with Crippen molar-refractivity contribution in [3.8, 4) is 0 Å². The maximum atomic E-state index is 11.7. The summed E-state index contributed by atoms with van der Waals surface area (Å²) < 4.78 is 4.84. The van der Waals surface area contributed by atoms with Gasteiger partial charge in [-0.15, -0.1) is 0 Å². The monoisotopic (exact) mass is 254 g/mol. The molecule has 0 spiro atoms. The summed E-state index contributed by atoms with van der Waals surface area (Å²) in [5.74, 6) is 1.39. The number of hydrogen-bond acceptors (Lipinski definition) is 5. The molecule has 0 aliphatic heterocycles. The lowest BCUT2D eigenvalue weighted by Gasteiger charge is -2.16. The fraction of sp³-hybridized carbons (Fsp3) is 0.750. The fourth-order valence-electron chi connectivity index (χ4n) is 1.88. The second-order valence-corrected chi connectivity index (χ2v) is 4.87. The lowest BCUT2D eigenvalue weighted by molar-refractivity contribution is -0.122. The zero-order valence-corrected chi connectivity index (χ0v) is 11.1. The van der Waals surface area contributed by atoms with Crippen LogP contribution in [0.3, 0.4) is 0 Å². The third-order valence-electron chi connectivity index (χ3n) is 2.68. The van der Waals surface area contributed by atoms with E-state index in [9.17, 15) is 4.79 Å². The largest absolute Gasteiger partial charge is 0.356 e. The molecule has 0 aromatic carbocycles. The van der Waals surface area contributed by atoms with E-state index in [1.54, 1.807) is 0 Å². The molecule has 6 heteroatoms. The second kappa shape index (κ2) is 7.81. The summed E-state index contributed by atoms with van der Waals surface area (Å²) in [5, 5.41) is 6.34. The predicted molar refractivity (Wildman–Crippen MR) is 67.6 cm³/mol. The molecule has 6 nitrogen and oxygen atoms in total. The van der Waals surface area contributed by atoms with Gasteiger partial charge in [0.1, 0.15) is 0 Å². The summed E-state index contributed by atoms with van der Waals surface area (Å²) in [4.78, 5) is 15.6. The molecule has 0 saturated heterocycles. The minimum absolute atomic E-state index is 0.0330. The van der Waals surface area contributed by atoms with E-state index in [1.165, 1.54) is 6.33 Å². The average molecular weight is 254 g/mol. The molecule has 1 aromatic heterocycles. The Kier molecular flexibility index (Phi) is 6.35. The number of rotatable bonds is 8. The molecule has 1 amide bonds. The average Bonchev–Trinajstić information content (AvgIpc) is 2.80. The molecule has 0 saturated carbocycles. The first-order chi connectivity index (χ1) is 8.61. The van der Waals surface area contributed by atoms with Gasteiger partial charge in [-0.2, -0.15) is 4.98 Å². The van der Waals surface area contributed by atoms with E-state index < -0.39 is 0 Å². The first kappa shape index (κ1) is 14.6. The van der Waals surface area contributed by atoms with Gasteiger partial charge in [0.2, 0.25) is 11.8 Å². The summed E-state index contributed by atoms with van der Waals surface area (Å²) in [5.41, 5.74) is 5.66. The maximum absolute atomic E-state index is 11.7. The van der Waals surface area contributed by atoms with Gasteiger partial charge in [-0.3, -0.25) is 4.79 Å². The normalized spacial score (nSPS) is 12.7. The number of aromatic nitrogens is 2. The van der Waals surface area contributed by atoms with Gasteiger partial charge in [0, 0.05) is 19.4 Å². The summed E-state index contributed by atoms with van der Waals surface area (Å²) in [6, 6.07) is 0. The van der Waals surface area contributed by atoms with Gasteiger partial charge in [0.25, 0.3) is 0 Å². The van der Waals surface area contributed by atoms with Crippen molar-refractivity contribution < 1.29 is 9.32 Å². The van der Waals surface area contributed by atoms with Crippen LogP contribution in [0.5, 0.6) is 0 Å². The van der Waals surface area contributed by atoms with Gasteiger partial charge < -0.3 is 15.6 Å². The van der Waals surface area contributed by atoms with E-state index in [1.807, 2.05) is 0 Å². The van der Waals surface area contributed by atoms with Crippen molar-refractivity contribution in [1.82, 2.24) is 15.5 Å². The highest BCUT2D eigenvalue weighted by Crippen LogP contribution is 2.13. The zero-order valence-electron chi connectivity index (χ0n) is 11.1. The second-order valence-electron chi connectivity index (χ2n) is 4.87. The topological polar surface area (TPSA) is 94.0 Å². The minimum atomic E-state index is 0.0330. The van der Waals surface area contributed by atoms with Crippen molar-refractivity contribution in [2.24, 2.45) is 17.6 Å². The molecule has 1 aromatic rings. The van der Waals surface area contributed by atoms with Crippen molar-refractivity contribution in [3.63, 3.8) is 0 Å². The third kappa shape index (κ3) is 5.77. The highest BCUT2D eigenvalue weighted by Gasteiger charge is 2.13. The lowest BCUT2D eigenvalue weighted by atomic mass is 9.94. The summed E-state index contributed by atoms with van der Waals surface area (Å²) in [6.45, 7) is 5.33. The quantitative estimate of drug-likeness (QED) is 0.713. The molecule has 1 heterocycles. The van der Waals surface area contributed by atoms with Crippen LogP contribution in [0, 0.1) is 11.8 Å². The molecule has 0 fully saturated rings. The number of nitrogens with zero attached hydrogens (tertiary/aromatic N) is 2. The minimum Gasteiger partial charge on any atom is -0.356 e. The maximum Gasteiger partial charge on any atom is 0.228 e. The Bertz CT molecular complexity index is 338. The van der Waals surface area contributed by atoms with E-state index in [0.29, 0.717) is 37.7 Å². The van der Waals surface area contributed by atoms with Crippen LogP contribution in [0.15, 0.2) is 10.9 Å². The van der Waals surface area contributed by atoms with Crippen LogP contribution >= 0.6 is 0 Å². The van der Waals surface area contributed by atoms with Crippen LogP contribution in [0.1, 0.15) is 32.6 Å². The molecule has 102 valence electrons. The van der Waals surface area contributed by atoms with Crippen LogP contribution in [-0.2, 0) is 11.2 Å². The first-order valence-electron chi connectivity index (χ1n) is 6.34. The molecule has 0 bridgehead atoms. The molecule has 0 radical (unpaired) electrons. The van der Waals surface area contributed by atoms with Gasteiger partial charge in [0.05, 0.1) is 0 Å². The molecular formula is C12H22N4O2. The van der Waals surface area contributed by atoms with Crippen LogP contribution in [-0.4, -0.2) is 29.1 Å². The van der Waals surface area contributed by atoms with Gasteiger partial charge in [-0.25, -0.2) is 0 Å². The van der Waals surface area contributed by atoms with E-state index in [2.05, 4.69) is 29.3 Å². The van der Waals surface area contributed by atoms with Crippen LogP contribution in [0.2, 0.25) is 0 Å². The van der Waals surface area contributed by atoms with Gasteiger partial charge in [-0.1, -0.05) is 19.0 Å². The van der Waals surface area contributed by atoms with Crippen molar-refractivity contribution in [2.45, 2.75) is 33.1 Å².